The van der Waals surface area contributed by atoms with E-state index < -0.39 is 5.60 Å². The number of nitrogens with zero attached hydrogens (tertiary/aromatic N) is 5. The van der Waals surface area contributed by atoms with Crippen molar-refractivity contribution in [2.75, 3.05) is 26.2 Å². The molecule has 0 aliphatic carbocycles. The lowest BCUT2D eigenvalue weighted by molar-refractivity contribution is 0.0119. The number of thiazole rings is 1. The number of ether oxygens (including phenoxy) is 1. The predicted octanol–water partition coefficient (Wildman–Crippen LogP) is 3.14. The summed E-state index contributed by atoms with van der Waals surface area (Å²) in [6.45, 7) is 8.10. The van der Waals surface area contributed by atoms with Crippen LogP contribution in [0.3, 0.4) is 0 Å². The number of hydrogen-bond donors (Lipinski definition) is 1. The molecule has 1 unspecified atom stereocenters. The van der Waals surface area contributed by atoms with Gasteiger partial charge in [0.25, 0.3) is 0 Å². The van der Waals surface area contributed by atoms with Crippen LogP contribution in [0.25, 0.3) is 4.96 Å². The zero-order valence-corrected chi connectivity index (χ0v) is 17.6. The number of aromatic hydroxyl groups is 1. The maximum atomic E-state index is 12.4. The first-order chi connectivity index (χ1) is 13.8. The lowest BCUT2D eigenvalue weighted by atomic mass is 10.0. The van der Waals surface area contributed by atoms with Crippen LogP contribution in [0.1, 0.15) is 37.3 Å². The van der Waals surface area contributed by atoms with E-state index in [9.17, 15) is 9.90 Å². The Morgan fingerprint density at radius 1 is 1.17 bits per heavy atom. The standard InChI is InChI=1S/C20H25N5O3S/c1-20(2,3)28-19(27)24-11-9-23(10-12-24)15(14-7-5-4-6-8-14)16-17(26)25-18(29-16)21-13-22-25/h4-8,13,15,26H,9-12H2,1-3H3. The van der Waals surface area contributed by atoms with Gasteiger partial charge in [-0.15, -0.1) is 0 Å². The van der Waals surface area contributed by atoms with Crippen LogP contribution in [-0.4, -0.2) is 67.4 Å². The predicted molar refractivity (Wildman–Crippen MR) is 110 cm³/mol. The molecule has 154 valence electrons. The lowest BCUT2D eigenvalue weighted by Gasteiger charge is -2.39. The number of amides is 1. The number of carbonyl (C=O) groups excluding carboxylic acids is 1. The van der Waals surface area contributed by atoms with Gasteiger partial charge in [-0.3, -0.25) is 4.90 Å². The number of carbonyl (C=O) groups is 1. The van der Waals surface area contributed by atoms with Crippen LogP contribution < -0.4 is 0 Å². The minimum absolute atomic E-state index is 0.117. The molecule has 0 bridgehead atoms. The summed E-state index contributed by atoms with van der Waals surface area (Å²) in [6, 6.07) is 9.94. The Morgan fingerprint density at radius 2 is 1.86 bits per heavy atom. The highest BCUT2D eigenvalue weighted by molar-refractivity contribution is 7.17. The van der Waals surface area contributed by atoms with Crippen molar-refractivity contribution in [3.05, 3.63) is 47.1 Å². The third kappa shape index (κ3) is 4.06. The summed E-state index contributed by atoms with van der Waals surface area (Å²) < 4.78 is 6.97. The molecule has 1 atom stereocenters. The van der Waals surface area contributed by atoms with Crippen molar-refractivity contribution in [1.29, 1.82) is 0 Å². The molecule has 1 amide bonds. The number of benzene rings is 1. The molecule has 1 N–H and O–H groups in total. The van der Waals surface area contributed by atoms with E-state index in [1.165, 1.54) is 22.2 Å². The van der Waals surface area contributed by atoms with Gasteiger partial charge in [0.15, 0.2) is 0 Å². The molecule has 1 aromatic carbocycles. The molecule has 1 aliphatic rings. The second-order valence-electron chi connectivity index (χ2n) is 8.06. The SMILES string of the molecule is CC(C)(C)OC(=O)N1CCN(C(c2ccccc2)c2sc3ncnn3c2O)CC1. The minimum Gasteiger partial charge on any atom is -0.492 e. The lowest BCUT2D eigenvalue weighted by Crippen LogP contribution is -2.50. The van der Waals surface area contributed by atoms with Gasteiger partial charge in [-0.25, -0.2) is 9.78 Å². The molecule has 2 aromatic heterocycles. The fourth-order valence-corrected chi connectivity index (χ4v) is 4.62. The largest absolute Gasteiger partial charge is 0.492 e. The van der Waals surface area contributed by atoms with E-state index in [4.69, 9.17) is 4.74 Å². The summed E-state index contributed by atoms with van der Waals surface area (Å²) in [5.74, 6) is 0.117. The van der Waals surface area contributed by atoms with Gasteiger partial charge in [-0.1, -0.05) is 41.7 Å². The quantitative estimate of drug-likeness (QED) is 0.708. The van der Waals surface area contributed by atoms with Crippen LogP contribution in [0.4, 0.5) is 4.79 Å². The van der Waals surface area contributed by atoms with Crippen molar-refractivity contribution in [3.63, 3.8) is 0 Å². The van der Waals surface area contributed by atoms with Crippen molar-refractivity contribution >= 4 is 22.4 Å². The molecule has 9 heteroatoms. The molecule has 4 rings (SSSR count). The highest BCUT2D eigenvalue weighted by atomic mass is 32.1. The molecule has 0 spiro atoms. The van der Waals surface area contributed by atoms with Crippen molar-refractivity contribution < 1.29 is 14.6 Å². The first-order valence-electron chi connectivity index (χ1n) is 9.62. The molecule has 1 saturated heterocycles. The van der Waals surface area contributed by atoms with Crippen LogP contribution in [0.5, 0.6) is 5.88 Å². The summed E-state index contributed by atoms with van der Waals surface area (Å²) in [7, 11) is 0. The highest BCUT2D eigenvalue weighted by Gasteiger charge is 2.33. The highest BCUT2D eigenvalue weighted by Crippen LogP contribution is 2.39. The zero-order valence-electron chi connectivity index (χ0n) is 16.8. The van der Waals surface area contributed by atoms with Gasteiger partial charge >= 0.3 is 6.09 Å². The normalized spacial score (nSPS) is 16.9. The van der Waals surface area contributed by atoms with Crippen LogP contribution in [0, 0.1) is 0 Å². The number of rotatable bonds is 3. The van der Waals surface area contributed by atoms with Gasteiger partial charge in [0.1, 0.15) is 11.9 Å². The monoisotopic (exact) mass is 415 g/mol. The average molecular weight is 416 g/mol. The fourth-order valence-electron chi connectivity index (χ4n) is 3.52. The molecular weight excluding hydrogens is 390 g/mol. The minimum atomic E-state index is -0.509. The Bertz CT molecular complexity index is 987. The van der Waals surface area contributed by atoms with E-state index in [1.807, 2.05) is 39.0 Å². The number of hydrogen-bond acceptors (Lipinski definition) is 7. The third-order valence-corrected chi connectivity index (χ3v) is 5.92. The summed E-state index contributed by atoms with van der Waals surface area (Å²) in [4.78, 5) is 22.1. The number of fused-ring (bicyclic) bond motifs is 1. The summed E-state index contributed by atoms with van der Waals surface area (Å²) in [6.07, 6.45) is 1.15. The smallest absolute Gasteiger partial charge is 0.410 e. The molecule has 1 aliphatic heterocycles. The Balaban J connectivity index is 1.58. The molecule has 8 nitrogen and oxygen atoms in total. The van der Waals surface area contributed by atoms with Gasteiger partial charge in [0.2, 0.25) is 10.8 Å². The van der Waals surface area contributed by atoms with Gasteiger partial charge in [0, 0.05) is 26.2 Å². The first kappa shape index (κ1) is 19.7. The number of aromatic nitrogens is 3. The van der Waals surface area contributed by atoms with Crippen LogP contribution >= 0.6 is 11.3 Å². The Kier molecular flexibility index (Phi) is 5.18. The van der Waals surface area contributed by atoms with Crippen molar-refractivity contribution in [1.82, 2.24) is 24.4 Å². The second-order valence-corrected chi connectivity index (χ2v) is 9.07. The van der Waals surface area contributed by atoms with Crippen LogP contribution in [0.2, 0.25) is 0 Å². The zero-order chi connectivity index (χ0) is 20.6. The number of piperazine rings is 1. The van der Waals surface area contributed by atoms with E-state index in [0.717, 1.165) is 10.4 Å². The Hall–Kier alpha value is -2.65. The molecule has 0 saturated carbocycles. The topological polar surface area (TPSA) is 83.2 Å². The first-order valence-corrected chi connectivity index (χ1v) is 10.4. The van der Waals surface area contributed by atoms with Gasteiger partial charge in [0.05, 0.1) is 10.9 Å². The Labute approximate surface area is 173 Å². The van der Waals surface area contributed by atoms with E-state index >= 15 is 0 Å². The van der Waals surface area contributed by atoms with Gasteiger partial charge < -0.3 is 14.7 Å². The molecular formula is C20H25N5O3S. The Morgan fingerprint density at radius 3 is 2.48 bits per heavy atom. The molecule has 1 fully saturated rings. The van der Waals surface area contributed by atoms with E-state index in [-0.39, 0.29) is 18.0 Å². The molecule has 3 aromatic rings. The summed E-state index contributed by atoms with van der Waals surface area (Å²) in [5, 5.41) is 14.9. The van der Waals surface area contributed by atoms with Crippen LogP contribution in [0.15, 0.2) is 36.7 Å². The maximum Gasteiger partial charge on any atom is 0.410 e. The molecule has 29 heavy (non-hydrogen) atoms. The second kappa shape index (κ2) is 7.64. The summed E-state index contributed by atoms with van der Waals surface area (Å²) >= 11 is 1.43. The molecule has 0 radical (unpaired) electrons. The average Bonchev–Trinajstić information content (AvgIpc) is 3.26. The maximum absolute atomic E-state index is 12.4. The fraction of sp³-hybridized carbons (Fsp3) is 0.450. The van der Waals surface area contributed by atoms with Crippen molar-refractivity contribution in [2.24, 2.45) is 0 Å². The van der Waals surface area contributed by atoms with Gasteiger partial charge in [-0.05, 0) is 26.3 Å². The van der Waals surface area contributed by atoms with E-state index in [0.29, 0.717) is 31.1 Å². The van der Waals surface area contributed by atoms with Gasteiger partial charge in [-0.2, -0.15) is 9.61 Å². The molecule has 3 heterocycles. The van der Waals surface area contributed by atoms with E-state index in [2.05, 4.69) is 27.1 Å². The third-order valence-electron chi connectivity index (χ3n) is 4.83. The van der Waals surface area contributed by atoms with E-state index in [1.54, 1.807) is 4.90 Å². The summed E-state index contributed by atoms with van der Waals surface area (Å²) in [5.41, 5.74) is 0.573. The van der Waals surface area contributed by atoms with Crippen molar-refractivity contribution in [2.45, 2.75) is 32.4 Å². The van der Waals surface area contributed by atoms with Crippen LogP contribution in [-0.2, 0) is 4.74 Å². The van der Waals surface area contributed by atoms with Crippen molar-refractivity contribution in [3.8, 4) is 5.88 Å².